The third-order valence-electron chi connectivity index (χ3n) is 4.16. The van der Waals surface area contributed by atoms with E-state index in [-0.39, 0.29) is 5.91 Å². The summed E-state index contributed by atoms with van der Waals surface area (Å²) in [6.45, 7) is 3.79. The van der Waals surface area contributed by atoms with Gasteiger partial charge >= 0.3 is 0 Å². The zero-order valence-electron chi connectivity index (χ0n) is 11.3. The van der Waals surface area contributed by atoms with Gasteiger partial charge in [-0.2, -0.15) is 0 Å². The summed E-state index contributed by atoms with van der Waals surface area (Å²) in [7, 11) is 0. The molecule has 104 valence electrons. The SMILES string of the molecule is CCCn1cc(N)cc1C(=O)N1CC(O)(C2CC2)C1. The molecule has 0 aromatic carbocycles. The van der Waals surface area contributed by atoms with Crippen LogP contribution < -0.4 is 5.73 Å². The van der Waals surface area contributed by atoms with Crippen LogP contribution in [0.3, 0.4) is 0 Å². The molecule has 19 heavy (non-hydrogen) atoms. The van der Waals surface area contributed by atoms with Crippen molar-refractivity contribution in [3.8, 4) is 0 Å². The van der Waals surface area contributed by atoms with Crippen LogP contribution in [-0.4, -0.2) is 39.2 Å². The Morgan fingerprint density at radius 1 is 1.53 bits per heavy atom. The number of nitrogens with two attached hydrogens (primary N) is 1. The van der Waals surface area contributed by atoms with Gasteiger partial charge in [0.15, 0.2) is 0 Å². The maximum atomic E-state index is 12.4. The van der Waals surface area contributed by atoms with Gasteiger partial charge < -0.3 is 20.3 Å². The van der Waals surface area contributed by atoms with Crippen LogP contribution in [0.4, 0.5) is 5.69 Å². The Bertz CT molecular complexity index is 499. The first kappa shape index (κ1) is 12.5. The number of aliphatic hydroxyl groups is 1. The Morgan fingerprint density at radius 2 is 2.21 bits per heavy atom. The number of hydrogen-bond acceptors (Lipinski definition) is 3. The molecule has 5 heteroatoms. The van der Waals surface area contributed by atoms with Crippen molar-refractivity contribution in [3.63, 3.8) is 0 Å². The highest BCUT2D eigenvalue weighted by Gasteiger charge is 2.53. The maximum absolute atomic E-state index is 12.4. The number of nitrogens with zero attached hydrogens (tertiary/aromatic N) is 2. The number of likely N-dealkylation sites (tertiary alicyclic amines) is 1. The molecule has 0 radical (unpaired) electrons. The second-order valence-electron chi connectivity index (χ2n) is 5.89. The van der Waals surface area contributed by atoms with Crippen LogP contribution in [0.5, 0.6) is 0 Å². The number of rotatable bonds is 4. The summed E-state index contributed by atoms with van der Waals surface area (Å²) >= 11 is 0. The zero-order valence-corrected chi connectivity index (χ0v) is 11.3. The fraction of sp³-hybridized carbons (Fsp3) is 0.643. The fourth-order valence-corrected chi connectivity index (χ4v) is 2.94. The molecule has 1 aromatic heterocycles. The topological polar surface area (TPSA) is 71.5 Å². The fourth-order valence-electron chi connectivity index (χ4n) is 2.94. The smallest absolute Gasteiger partial charge is 0.270 e. The van der Waals surface area contributed by atoms with Gasteiger partial charge in [-0.25, -0.2) is 0 Å². The lowest BCUT2D eigenvalue weighted by Crippen LogP contribution is -2.64. The average molecular weight is 263 g/mol. The van der Waals surface area contributed by atoms with E-state index in [9.17, 15) is 9.90 Å². The molecule has 0 bridgehead atoms. The van der Waals surface area contributed by atoms with Gasteiger partial charge in [0.05, 0.1) is 18.8 Å². The molecule has 1 amide bonds. The largest absolute Gasteiger partial charge is 0.397 e. The number of aryl methyl sites for hydroxylation is 1. The second kappa shape index (κ2) is 4.27. The minimum Gasteiger partial charge on any atom is -0.397 e. The molecular formula is C14H21N3O2. The zero-order chi connectivity index (χ0) is 13.6. The van der Waals surface area contributed by atoms with Gasteiger partial charge in [0.2, 0.25) is 0 Å². The monoisotopic (exact) mass is 263 g/mol. The molecule has 0 unspecified atom stereocenters. The molecule has 3 rings (SSSR count). The number of β-amino-alcohol motifs (C(OH)–C–C–N with tert-alkyl or cyclic N) is 1. The Morgan fingerprint density at radius 3 is 2.79 bits per heavy atom. The van der Waals surface area contributed by atoms with Crippen LogP contribution in [0.1, 0.15) is 36.7 Å². The molecule has 3 N–H and O–H groups in total. The lowest BCUT2D eigenvalue weighted by atomic mass is 9.88. The first-order valence-corrected chi connectivity index (χ1v) is 7.01. The van der Waals surface area contributed by atoms with E-state index in [1.807, 2.05) is 10.8 Å². The van der Waals surface area contributed by atoms with Crippen LogP contribution in [-0.2, 0) is 6.54 Å². The standard InChI is InChI=1S/C14H21N3O2/c1-2-5-16-7-11(15)6-12(16)13(18)17-8-14(19,9-17)10-3-4-10/h6-7,10,19H,2-5,8-9,15H2,1H3. The predicted octanol–water partition coefficient (Wildman–Crippen LogP) is 1.08. The predicted molar refractivity (Wildman–Crippen MR) is 72.7 cm³/mol. The molecule has 1 aliphatic heterocycles. The van der Waals surface area contributed by atoms with Crippen molar-refractivity contribution in [2.45, 2.75) is 38.3 Å². The Hall–Kier alpha value is -1.49. The lowest BCUT2D eigenvalue weighted by Gasteiger charge is -2.47. The molecule has 0 spiro atoms. The number of carbonyl (C=O) groups is 1. The quantitative estimate of drug-likeness (QED) is 0.853. The van der Waals surface area contributed by atoms with Crippen LogP contribution in [0.15, 0.2) is 12.3 Å². The first-order chi connectivity index (χ1) is 9.03. The molecular weight excluding hydrogens is 242 g/mol. The number of nitrogen functional groups attached to an aromatic ring is 1. The van der Waals surface area contributed by atoms with E-state index in [0.29, 0.717) is 30.4 Å². The van der Waals surface area contributed by atoms with Crippen molar-refractivity contribution in [1.29, 1.82) is 0 Å². The number of hydrogen-bond donors (Lipinski definition) is 2. The summed E-state index contributed by atoms with van der Waals surface area (Å²) in [5.74, 6) is 0.388. The summed E-state index contributed by atoms with van der Waals surface area (Å²) < 4.78 is 1.91. The number of anilines is 1. The van der Waals surface area contributed by atoms with Crippen molar-refractivity contribution in [1.82, 2.24) is 9.47 Å². The average Bonchev–Trinajstić information content (AvgIpc) is 3.10. The molecule has 1 saturated heterocycles. The van der Waals surface area contributed by atoms with Crippen molar-refractivity contribution in [2.24, 2.45) is 5.92 Å². The molecule has 1 saturated carbocycles. The molecule has 2 aliphatic rings. The molecule has 5 nitrogen and oxygen atoms in total. The molecule has 2 heterocycles. The molecule has 1 aliphatic carbocycles. The van der Waals surface area contributed by atoms with E-state index in [0.717, 1.165) is 25.8 Å². The highest BCUT2D eigenvalue weighted by atomic mass is 16.3. The normalized spacial score (nSPS) is 21.3. The van der Waals surface area contributed by atoms with E-state index in [1.165, 1.54) is 0 Å². The Kier molecular flexibility index (Phi) is 2.82. The second-order valence-corrected chi connectivity index (χ2v) is 5.89. The van der Waals surface area contributed by atoms with Crippen LogP contribution in [0, 0.1) is 5.92 Å². The van der Waals surface area contributed by atoms with Gasteiger partial charge in [0, 0.05) is 12.7 Å². The molecule has 1 aromatic rings. The third kappa shape index (κ3) is 2.12. The van der Waals surface area contributed by atoms with Crippen molar-refractivity contribution in [3.05, 3.63) is 18.0 Å². The third-order valence-corrected chi connectivity index (χ3v) is 4.16. The summed E-state index contributed by atoms with van der Waals surface area (Å²) in [4.78, 5) is 14.1. The molecule has 0 atom stereocenters. The summed E-state index contributed by atoms with van der Waals surface area (Å²) in [6.07, 6.45) is 4.96. The van der Waals surface area contributed by atoms with Crippen LogP contribution in [0.25, 0.3) is 0 Å². The number of carbonyl (C=O) groups excluding carboxylic acids is 1. The first-order valence-electron chi connectivity index (χ1n) is 7.01. The van der Waals surface area contributed by atoms with Gasteiger partial charge in [-0.1, -0.05) is 6.92 Å². The highest BCUT2D eigenvalue weighted by Crippen LogP contribution is 2.44. The maximum Gasteiger partial charge on any atom is 0.270 e. The van der Waals surface area contributed by atoms with Gasteiger partial charge in [-0.3, -0.25) is 4.79 Å². The van der Waals surface area contributed by atoms with E-state index in [2.05, 4.69) is 6.92 Å². The Labute approximate surface area is 113 Å². The van der Waals surface area contributed by atoms with Gasteiger partial charge in [0.1, 0.15) is 11.3 Å². The number of aromatic nitrogens is 1. The van der Waals surface area contributed by atoms with Gasteiger partial charge in [-0.05, 0) is 31.2 Å². The lowest BCUT2D eigenvalue weighted by molar-refractivity contribution is -0.0960. The van der Waals surface area contributed by atoms with E-state index >= 15 is 0 Å². The van der Waals surface area contributed by atoms with Gasteiger partial charge in [0.25, 0.3) is 5.91 Å². The highest BCUT2D eigenvalue weighted by molar-refractivity contribution is 5.94. The van der Waals surface area contributed by atoms with Crippen LogP contribution in [0.2, 0.25) is 0 Å². The van der Waals surface area contributed by atoms with Crippen molar-refractivity contribution < 1.29 is 9.90 Å². The Balaban J connectivity index is 1.71. The summed E-state index contributed by atoms with van der Waals surface area (Å²) in [5, 5.41) is 10.3. The van der Waals surface area contributed by atoms with Gasteiger partial charge in [-0.15, -0.1) is 0 Å². The van der Waals surface area contributed by atoms with E-state index < -0.39 is 5.60 Å². The minimum absolute atomic E-state index is 0.0181. The summed E-state index contributed by atoms with van der Waals surface area (Å²) in [6, 6.07) is 1.73. The minimum atomic E-state index is -0.622. The van der Waals surface area contributed by atoms with Crippen LogP contribution >= 0.6 is 0 Å². The summed E-state index contributed by atoms with van der Waals surface area (Å²) in [5.41, 5.74) is 6.41. The van der Waals surface area contributed by atoms with Crippen molar-refractivity contribution in [2.75, 3.05) is 18.8 Å². The van der Waals surface area contributed by atoms with E-state index in [4.69, 9.17) is 5.73 Å². The number of amides is 1. The van der Waals surface area contributed by atoms with Crippen molar-refractivity contribution >= 4 is 11.6 Å². The molecule has 2 fully saturated rings. The van der Waals surface area contributed by atoms with E-state index in [1.54, 1.807) is 11.0 Å².